The van der Waals surface area contributed by atoms with Gasteiger partial charge >= 0.3 is 5.54 Å². The molecule has 0 aliphatic heterocycles. The van der Waals surface area contributed by atoms with Crippen LogP contribution in [0.2, 0.25) is 0 Å². The van der Waals surface area contributed by atoms with Crippen LogP contribution in [0.1, 0.15) is 88.4 Å². The highest BCUT2D eigenvalue weighted by Gasteiger charge is 2.68. The van der Waals surface area contributed by atoms with Gasteiger partial charge in [-0.15, -0.1) is 0 Å². The molecule has 0 heterocycles. The second-order valence-corrected chi connectivity index (χ2v) is 9.35. The molecular weight excluding hydrogens is 438 g/mol. The zero-order chi connectivity index (χ0) is 25.0. The van der Waals surface area contributed by atoms with Gasteiger partial charge in [0.2, 0.25) is 11.6 Å². The summed E-state index contributed by atoms with van der Waals surface area (Å²) in [6.07, 6.45) is 6.07. The minimum Gasteiger partial charge on any atom is -0.285 e. The molecule has 0 unspecified atom stereocenters. The number of nitrogens with zero attached hydrogens (tertiary/aromatic N) is 1. The number of hydrogen-bond acceptors (Lipinski definition) is 4. The van der Waals surface area contributed by atoms with Gasteiger partial charge in [0.15, 0.2) is 0 Å². The Kier molecular flexibility index (Phi) is 7.25. The summed E-state index contributed by atoms with van der Waals surface area (Å²) in [4.78, 5) is 39.6. The predicted molar refractivity (Wildman–Crippen MR) is 137 cm³/mol. The average Bonchev–Trinajstić information content (AvgIpc) is 3.11. The number of Topliss-reactive ketones (excluding diaryl/α,β-unsaturated/α-hetero) is 2. The van der Waals surface area contributed by atoms with Crippen LogP contribution in [0.5, 0.6) is 0 Å². The van der Waals surface area contributed by atoms with E-state index in [1.807, 2.05) is 48.5 Å². The molecule has 0 bridgehead atoms. The van der Waals surface area contributed by atoms with Gasteiger partial charge in [-0.25, -0.2) is 0 Å². The first-order valence-electron chi connectivity index (χ1n) is 12.5. The standard InChI is InChI=1S/C30H31NO4/c1-3-5-9-21-13-17-23(18-14-21)27(24-19-15-22(16-20-24)10-6-4-2)30(31(34)35)28(32)25-11-7-8-12-26(25)29(30)33/h7-8,11-20,27H,3-6,9-10H2,1-2H3. The molecule has 0 atom stereocenters. The van der Waals surface area contributed by atoms with Gasteiger partial charge in [-0.1, -0.05) is 99.5 Å². The lowest BCUT2D eigenvalue weighted by Crippen LogP contribution is -2.54. The Balaban J connectivity index is 1.87. The lowest BCUT2D eigenvalue weighted by molar-refractivity contribution is -0.532. The Morgan fingerprint density at radius 1 is 0.714 bits per heavy atom. The highest BCUT2D eigenvalue weighted by Crippen LogP contribution is 2.46. The number of benzene rings is 3. The highest BCUT2D eigenvalue weighted by molar-refractivity contribution is 6.32. The number of hydrogen-bond donors (Lipinski definition) is 0. The molecule has 5 nitrogen and oxygen atoms in total. The van der Waals surface area contributed by atoms with Crippen molar-refractivity contribution in [2.75, 3.05) is 0 Å². The van der Waals surface area contributed by atoms with Crippen molar-refractivity contribution < 1.29 is 14.5 Å². The van der Waals surface area contributed by atoms with E-state index in [-0.39, 0.29) is 11.1 Å². The maximum Gasteiger partial charge on any atom is 0.355 e. The summed E-state index contributed by atoms with van der Waals surface area (Å²) in [5.41, 5.74) is 1.27. The maximum atomic E-state index is 13.7. The molecular formula is C30H31NO4. The number of ketones is 2. The van der Waals surface area contributed by atoms with Crippen molar-refractivity contribution in [3.63, 3.8) is 0 Å². The summed E-state index contributed by atoms with van der Waals surface area (Å²) in [7, 11) is 0. The molecule has 1 aliphatic rings. The van der Waals surface area contributed by atoms with Crippen molar-refractivity contribution in [3.05, 3.63) is 116 Å². The van der Waals surface area contributed by atoms with E-state index >= 15 is 0 Å². The zero-order valence-corrected chi connectivity index (χ0v) is 20.3. The van der Waals surface area contributed by atoms with Crippen LogP contribution in [0.3, 0.4) is 0 Å². The van der Waals surface area contributed by atoms with Gasteiger partial charge in [0.05, 0.1) is 5.92 Å². The molecule has 0 N–H and O–H groups in total. The summed E-state index contributed by atoms with van der Waals surface area (Å²) in [6, 6.07) is 21.5. The lowest BCUT2D eigenvalue weighted by atomic mass is 9.72. The molecule has 0 spiro atoms. The first-order chi connectivity index (χ1) is 16.9. The van der Waals surface area contributed by atoms with Crippen molar-refractivity contribution in [1.29, 1.82) is 0 Å². The van der Waals surface area contributed by atoms with Crippen LogP contribution in [-0.2, 0) is 12.8 Å². The maximum absolute atomic E-state index is 13.7. The third-order valence-corrected chi connectivity index (χ3v) is 7.08. The SMILES string of the molecule is CCCCc1ccc(C(c2ccc(CCCC)cc2)C2([N+](=O)[O-])C(=O)c3ccccc3C2=O)cc1. The molecule has 0 radical (unpaired) electrons. The Morgan fingerprint density at radius 3 is 1.46 bits per heavy atom. The fraction of sp³-hybridized carbons (Fsp3) is 0.333. The van der Waals surface area contributed by atoms with E-state index in [1.165, 1.54) is 12.1 Å². The Labute approximate surface area is 206 Å². The van der Waals surface area contributed by atoms with Gasteiger partial charge < -0.3 is 0 Å². The van der Waals surface area contributed by atoms with Gasteiger partial charge in [0.1, 0.15) is 0 Å². The van der Waals surface area contributed by atoms with E-state index in [0.717, 1.165) is 49.7 Å². The number of fused-ring (bicyclic) bond motifs is 1. The smallest absolute Gasteiger partial charge is 0.285 e. The van der Waals surface area contributed by atoms with Gasteiger partial charge in [-0.05, 0) is 47.9 Å². The van der Waals surface area contributed by atoms with Crippen molar-refractivity contribution in [2.45, 2.75) is 63.8 Å². The van der Waals surface area contributed by atoms with Crippen LogP contribution in [0.15, 0.2) is 72.8 Å². The molecule has 180 valence electrons. The van der Waals surface area contributed by atoms with Crippen molar-refractivity contribution in [2.24, 2.45) is 0 Å². The summed E-state index contributed by atoms with van der Waals surface area (Å²) in [5.74, 6) is -2.51. The molecule has 3 aromatic carbocycles. The number of carbonyl (C=O) groups excluding carboxylic acids is 2. The van der Waals surface area contributed by atoms with E-state index < -0.39 is 27.9 Å². The van der Waals surface area contributed by atoms with E-state index in [9.17, 15) is 19.7 Å². The van der Waals surface area contributed by atoms with Gasteiger partial charge in [-0.2, -0.15) is 0 Å². The third-order valence-electron chi connectivity index (χ3n) is 7.08. The molecule has 5 heteroatoms. The summed E-state index contributed by atoms with van der Waals surface area (Å²) < 4.78 is 0. The topological polar surface area (TPSA) is 77.3 Å². The van der Waals surface area contributed by atoms with Crippen molar-refractivity contribution >= 4 is 11.6 Å². The third kappa shape index (κ3) is 4.31. The molecule has 0 saturated heterocycles. The Hall–Kier alpha value is -3.60. The van der Waals surface area contributed by atoms with Crippen LogP contribution in [0, 0.1) is 10.1 Å². The van der Waals surface area contributed by atoms with Crippen molar-refractivity contribution in [3.8, 4) is 0 Å². The first-order valence-corrected chi connectivity index (χ1v) is 12.5. The zero-order valence-electron chi connectivity index (χ0n) is 20.3. The van der Waals surface area contributed by atoms with Gasteiger partial charge in [-0.3, -0.25) is 19.7 Å². The molecule has 1 aliphatic carbocycles. The number of aryl methyl sites for hydroxylation is 2. The monoisotopic (exact) mass is 469 g/mol. The van der Waals surface area contributed by atoms with Crippen molar-refractivity contribution in [1.82, 2.24) is 0 Å². The number of nitro groups is 1. The van der Waals surface area contributed by atoms with E-state index in [0.29, 0.717) is 11.1 Å². The highest BCUT2D eigenvalue weighted by atomic mass is 16.6. The molecule has 0 amide bonds. The quantitative estimate of drug-likeness (QED) is 0.190. The number of unbranched alkanes of at least 4 members (excludes halogenated alkanes) is 2. The summed E-state index contributed by atoms with van der Waals surface area (Å²) in [6.45, 7) is 4.26. The molecule has 0 fully saturated rings. The molecule has 35 heavy (non-hydrogen) atoms. The van der Waals surface area contributed by atoms with E-state index in [1.54, 1.807) is 12.1 Å². The predicted octanol–water partition coefficient (Wildman–Crippen LogP) is 6.60. The van der Waals surface area contributed by atoms with Crippen LogP contribution < -0.4 is 0 Å². The number of rotatable bonds is 10. The fourth-order valence-electron chi connectivity index (χ4n) is 5.12. The minimum absolute atomic E-state index is 0.123. The average molecular weight is 470 g/mol. The second-order valence-electron chi connectivity index (χ2n) is 9.35. The summed E-state index contributed by atoms with van der Waals surface area (Å²) >= 11 is 0. The molecule has 3 aromatic rings. The van der Waals surface area contributed by atoms with E-state index in [2.05, 4.69) is 13.8 Å². The first kappa shape index (κ1) is 24.5. The largest absolute Gasteiger partial charge is 0.355 e. The minimum atomic E-state index is -2.43. The molecule has 4 rings (SSSR count). The van der Waals surface area contributed by atoms with Crippen LogP contribution in [-0.4, -0.2) is 22.0 Å². The Morgan fingerprint density at radius 2 is 1.11 bits per heavy atom. The van der Waals surface area contributed by atoms with Gasteiger partial charge in [0, 0.05) is 16.1 Å². The lowest BCUT2D eigenvalue weighted by Gasteiger charge is -2.28. The van der Waals surface area contributed by atoms with Gasteiger partial charge in [0.25, 0.3) is 0 Å². The van der Waals surface area contributed by atoms with Crippen LogP contribution >= 0.6 is 0 Å². The number of carbonyl (C=O) groups is 2. The van der Waals surface area contributed by atoms with Crippen LogP contribution in [0.4, 0.5) is 0 Å². The molecule has 0 aromatic heterocycles. The molecule has 0 saturated carbocycles. The Bertz CT molecular complexity index is 1140. The fourth-order valence-corrected chi connectivity index (χ4v) is 5.12. The summed E-state index contributed by atoms with van der Waals surface area (Å²) in [5, 5.41) is 12.8. The normalized spacial score (nSPS) is 14.4. The second kappa shape index (κ2) is 10.3. The van der Waals surface area contributed by atoms with Crippen LogP contribution in [0.25, 0.3) is 0 Å². The van der Waals surface area contributed by atoms with E-state index in [4.69, 9.17) is 0 Å².